The Labute approximate surface area is 144 Å². The third-order valence-corrected chi connectivity index (χ3v) is 4.53. The van der Waals surface area contributed by atoms with E-state index in [1.165, 1.54) is 0 Å². The molecule has 0 saturated carbocycles. The van der Waals surface area contributed by atoms with E-state index < -0.39 is 35.1 Å². The molecule has 1 heterocycles. The molecule has 138 valence electrons. The van der Waals surface area contributed by atoms with Crippen molar-refractivity contribution in [3.8, 4) is 0 Å². The van der Waals surface area contributed by atoms with Crippen molar-refractivity contribution in [1.82, 2.24) is 4.90 Å². The third kappa shape index (κ3) is 4.72. The number of hydrogen-bond acceptors (Lipinski definition) is 2. The predicted octanol–water partition coefficient (Wildman–Crippen LogP) is 0.958. The molecule has 0 aliphatic carbocycles. The summed E-state index contributed by atoms with van der Waals surface area (Å²) in [7, 11) is 1.69. The largest absolute Gasteiger partial charge is 0.338 e. The molecule has 2 atom stereocenters. The second-order valence-electron chi connectivity index (χ2n) is 6.40. The molecular formula is C17H23F3N3O2+. The SMILES string of the molecule is C[C@@H](C(=O)N1CCCCC1)[NH+](C)CC(=O)Nc1ccc(F)c(F)c1F. The number of likely N-dealkylation sites (N-methyl/N-ethyl adjacent to an activating group) is 1. The van der Waals surface area contributed by atoms with Gasteiger partial charge in [0.25, 0.3) is 11.8 Å². The number of nitrogens with one attached hydrogen (secondary N) is 2. The van der Waals surface area contributed by atoms with Gasteiger partial charge in [0.2, 0.25) is 0 Å². The zero-order valence-electron chi connectivity index (χ0n) is 14.4. The molecule has 2 rings (SSSR count). The number of nitrogens with zero attached hydrogens (tertiary/aromatic N) is 1. The van der Waals surface area contributed by atoms with Crippen LogP contribution in [0.1, 0.15) is 26.2 Å². The molecule has 0 bridgehead atoms. The Kier molecular flexibility index (Phi) is 6.41. The predicted molar refractivity (Wildman–Crippen MR) is 86.6 cm³/mol. The van der Waals surface area contributed by atoms with Gasteiger partial charge in [0.05, 0.1) is 12.7 Å². The highest BCUT2D eigenvalue weighted by Crippen LogP contribution is 2.19. The number of amides is 2. The maximum atomic E-state index is 13.6. The molecule has 0 spiro atoms. The highest BCUT2D eigenvalue weighted by Gasteiger charge is 2.29. The zero-order chi connectivity index (χ0) is 18.6. The lowest BCUT2D eigenvalue weighted by atomic mass is 10.1. The Hall–Kier alpha value is -2.09. The van der Waals surface area contributed by atoms with Crippen LogP contribution in [-0.4, -0.2) is 49.4 Å². The molecule has 1 aliphatic rings. The van der Waals surface area contributed by atoms with Crippen LogP contribution in [0.2, 0.25) is 0 Å². The summed E-state index contributed by atoms with van der Waals surface area (Å²) in [6.07, 6.45) is 3.07. The fraction of sp³-hybridized carbons (Fsp3) is 0.529. The summed E-state index contributed by atoms with van der Waals surface area (Å²) in [6.45, 7) is 3.09. The van der Waals surface area contributed by atoms with E-state index in [0.29, 0.717) is 4.90 Å². The van der Waals surface area contributed by atoms with Crippen LogP contribution in [0.4, 0.5) is 18.9 Å². The van der Waals surface area contributed by atoms with Gasteiger partial charge in [-0.1, -0.05) is 0 Å². The zero-order valence-corrected chi connectivity index (χ0v) is 14.4. The number of piperidine rings is 1. The van der Waals surface area contributed by atoms with Crippen LogP contribution in [-0.2, 0) is 9.59 Å². The summed E-state index contributed by atoms with van der Waals surface area (Å²) >= 11 is 0. The minimum Gasteiger partial charge on any atom is -0.338 e. The lowest BCUT2D eigenvalue weighted by Gasteiger charge is -2.30. The number of benzene rings is 1. The van der Waals surface area contributed by atoms with Gasteiger partial charge in [-0.2, -0.15) is 0 Å². The van der Waals surface area contributed by atoms with Crippen molar-refractivity contribution >= 4 is 17.5 Å². The van der Waals surface area contributed by atoms with Gasteiger partial charge in [-0.3, -0.25) is 9.59 Å². The number of hydrogen-bond donors (Lipinski definition) is 2. The Balaban J connectivity index is 1.93. The molecule has 2 amide bonds. The molecule has 25 heavy (non-hydrogen) atoms. The molecular weight excluding hydrogens is 335 g/mol. The van der Waals surface area contributed by atoms with Gasteiger partial charge in [0.1, 0.15) is 0 Å². The Bertz CT molecular complexity index is 648. The van der Waals surface area contributed by atoms with Gasteiger partial charge < -0.3 is 15.1 Å². The van der Waals surface area contributed by atoms with E-state index in [1.54, 1.807) is 18.9 Å². The van der Waals surface area contributed by atoms with Gasteiger partial charge in [-0.15, -0.1) is 0 Å². The summed E-state index contributed by atoms with van der Waals surface area (Å²) in [5, 5.41) is 2.22. The third-order valence-electron chi connectivity index (χ3n) is 4.53. The first kappa shape index (κ1) is 19.2. The van der Waals surface area contributed by atoms with Crippen molar-refractivity contribution in [2.45, 2.75) is 32.2 Å². The number of rotatable bonds is 5. The molecule has 1 fully saturated rings. The number of carbonyl (C=O) groups is 2. The monoisotopic (exact) mass is 358 g/mol. The van der Waals surface area contributed by atoms with Gasteiger partial charge >= 0.3 is 0 Å². The van der Waals surface area contributed by atoms with Crippen molar-refractivity contribution in [3.63, 3.8) is 0 Å². The van der Waals surface area contributed by atoms with E-state index in [9.17, 15) is 22.8 Å². The molecule has 1 saturated heterocycles. The number of carbonyl (C=O) groups excluding carboxylic acids is 2. The molecule has 1 aromatic carbocycles. The van der Waals surface area contributed by atoms with E-state index in [-0.39, 0.29) is 12.5 Å². The lowest BCUT2D eigenvalue weighted by molar-refractivity contribution is -0.886. The van der Waals surface area contributed by atoms with E-state index >= 15 is 0 Å². The van der Waals surface area contributed by atoms with Crippen molar-refractivity contribution in [2.24, 2.45) is 0 Å². The first-order valence-corrected chi connectivity index (χ1v) is 8.35. The van der Waals surface area contributed by atoms with Crippen LogP contribution in [0, 0.1) is 17.5 Å². The Morgan fingerprint density at radius 3 is 2.44 bits per heavy atom. The Morgan fingerprint density at radius 2 is 1.80 bits per heavy atom. The quantitative estimate of drug-likeness (QED) is 0.771. The topological polar surface area (TPSA) is 53.9 Å². The van der Waals surface area contributed by atoms with Crippen molar-refractivity contribution in [3.05, 3.63) is 29.6 Å². The highest BCUT2D eigenvalue weighted by atomic mass is 19.2. The average Bonchev–Trinajstić information content (AvgIpc) is 2.61. The van der Waals surface area contributed by atoms with Gasteiger partial charge in [0, 0.05) is 13.1 Å². The van der Waals surface area contributed by atoms with Crippen molar-refractivity contribution in [2.75, 3.05) is 32.0 Å². The molecule has 1 aromatic rings. The van der Waals surface area contributed by atoms with Gasteiger partial charge in [-0.05, 0) is 38.3 Å². The minimum absolute atomic E-state index is 0.0241. The lowest BCUT2D eigenvalue weighted by Crippen LogP contribution is -3.15. The summed E-state index contributed by atoms with van der Waals surface area (Å²) in [5.41, 5.74) is -0.424. The average molecular weight is 358 g/mol. The maximum absolute atomic E-state index is 13.6. The number of anilines is 1. The maximum Gasteiger partial charge on any atom is 0.280 e. The number of likely N-dealkylation sites (tertiary alicyclic amines) is 1. The summed E-state index contributed by atoms with van der Waals surface area (Å²) < 4.78 is 39.7. The highest BCUT2D eigenvalue weighted by molar-refractivity contribution is 5.91. The molecule has 2 N–H and O–H groups in total. The van der Waals surface area contributed by atoms with E-state index in [4.69, 9.17) is 0 Å². The van der Waals surface area contributed by atoms with E-state index in [2.05, 4.69) is 5.32 Å². The second-order valence-corrected chi connectivity index (χ2v) is 6.40. The van der Waals surface area contributed by atoms with E-state index in [0.717, 1.165) is 44.5 Å². The normalized spacial score (nSPS) is 17.1. The number of halogens is 3. The van der Waals surface area contributed by atoms with E-state index in [1.807, 2.05) is 0 Å². The van der Waals surface area contributed by atoms with Crippen LogP contribution in [0.3, 0.4) is 0 Å². The van der Waals surface area contributed by atoms with Crippen LogP contribution in [0.5, 0.6) is 0 Å². The van der Waals surface area contributed by atoms with Crippen LogP contribution < -0.4 is 10.2 Å². The summed E-state index contributed by atoms with van der Waals surface area (Å²) in [4.78, 5) is 26.9. The second kappa shape index (κ2) is 8.33. The van der Waals surface area contributed by atoms with Crippen molar-refractivity contribution in [1.29, 1.82) is 0 Å². The molecule has 1 aliphatic heterocycles. The minimum atomic E-state index is -1.63. The molecule has 1 unspecified atom stereocenters. The molecule has 0 aromatic heterocycles. The van der Waals surface area contributed by atoms with Crippen LogP contribution in [0.25, 0.3) is 0 Å². The standard InChI is InChI=1S/C17H22F3N3O2/c1-11(17(25)23-8-4-3-5-9-23)22(2)10-14(24)21-13-7-6-12(18)15(19)16(13)20/h6-7,11H,3-5,8-10H2,1-2H3,(H,21,24)/p+1/t11-/m0/s1. The smallest absolute Gasteiger partial charge is 0.280 e. The van der Waals surface area contributed by atoms with Crippen LogP contribution >= 0.6 is 0 Å². The molecule has 0 radical (unpaired) electrons. The Morgan fingerprint density at radius 1 is 1.16 bits per heavy atom. The molecule has 5 nitrogen and oxygen atoms in total. The fourth-order valence-electron chi connectivity index (χ4n) is 2.82. The molecule has 8 heteroatoms. The van der Waals surface area contributed by atoms with Crippen LogP contribution in [0.15, 0.2) is 12.1 Å². The summed E-state index contributed by atoms with van der Waals surface area (Å²) in [6, 6.07) is 1.27. The van der Waals surface area contributed by atoms with Gasteiger partial charge in [0.15, 0.2) is 30.0 Å². The first-order valence-electron chi connectivity index (χ1n) is 8.35. The summed E-state index contributed by atoms with van der Waals surface area (Å²) in [5.74, 6) is -5.00. The fourth-order valence-corrected chi connectivity index (χ4v) is 2.82. The van der Waals surface area contributed by atoms with Gasteiger partial charge in [-0.25, -0.2) is 13.2 Å². The number of quaternary nitrogens is 1. The first-order chi connectivity index (χ1) is 11.8. The van der Waals surface area contributed by atoms with Crippen molar-refractivity contribution < 1.29 is 27.7 Å².